The molecule has 1 fully saturated rings. The number of pyridine rings is 1. The Hall–Kier alpha value is -1.65. The Morgan fingerprint density at radius 3 is 2.35 bits per heavy atom. The van der Waals surface area contributed by atoms with E-state index in [1.54, 1.807) is 0 Å². The standard InChI is InChI=1S/C13H18N4O2S/c1-10-8-13(12(9-14)11(2)15-10)16-4-6-17(7-5-16)20(3,18)19/h8H,4-7H2,1-3H3. The first-order valence-electron chi connectivity index (χ1n) is 6.41. The second-order valence-corrected chi connectivity index (χ2v) is 6.99. The molecule has 108 valence electrons. The third kappa shape index (κ3) is 2.92. The first kappa shape index (κ1) is 14.8. The third-order valence-corrected chi connectivity index (χ3v) is 4.77. The highest BCUT2D eigenvalue weighted by Crippen LogP contribution is 2.24. The SMILES string of the molecule is Cc1cc(N2CCN(S(C)(=O)=O)CC2)c(C#N)c(C)n1. The molecule has 0 unspecified atom stereocenters. The van der Waals surface area contributed by atoms with E-state index < -0.39 is 10.0 Å². The summed E-state index contributed by atoms with van der Waals surface area (Å²) in [6, 6.07) is 4.08. The van der Waals surface area contributed by atoms with Crippen molar-refractivity contribution >= 4 is 15.7 Å². The highest BCUT2D eigenvalue weighted by atomic mass is 32.2. The number of anilines is 1. The minimum Gasteiger partial charge on any atom is -0.368 e. The molecule has 20 heavy (non-hydrogen) atoms. The lowest BCUT2D eigenvalue weighted by Crippen LogP contribution is -2.48. The van der Waals surface area contributed by atoms with Gasteiger partial charge in [-0.25, -0.2) is 8.42 Å². The summed E-state index contributed by atoms with van der Waals surface area (Å²) in [5, 5.41) is 9.28. The molecule has 6 nitrogen and oxygen atoms in total. The Morgan fingerprint density at radius 1 is 1.25 bits per heavy atom. The van der Waals surface area contributed by atoms with Crippen LogP contribution in [0, 0.1) is 25.2 Å². The van der Waals surface area contributed by atoms with Crippen LogP contribution in [0.4, 0.5) is 5.69 Å². The minimum absolute atomic E-state index is 0.449. The highest BCUT2D eigenvalue weighted by Gasteiger charge is 2.25. The zero-order valence-electron chi connectivity index (χ0n) is 11.9. The van der Waals surface area contributed by atoms with E-state index in [1.165, 1.54) is 10.6 Å². The van der Waals surface area contributed by atoms with Crippen LogP contribution in [0.2, 0.25) is 0 Å². The van der Waals surface area contributed by atoms with Crippen LogP contribution < -0.4 is 4.90 Å². The Balaban J connectivity index is 2.26. The fraction of sp³-hybridized carbons (Fsp3) is 0.538. The van der Waals surface area contributed by atoms with E-state index in [0.717, 1.165) is 11.4 Å². The molecular formula is C13H18N4O2S. The summed E-state index contributed by atoms with van der Waals surface area (Å²) < 4.78 is 24.5. The predicted octanol–water partition coefficient (Wildman–Crippen LogP) is 0.652. The van der Waals surface area contributed by atoms with Crippen molar-refractivity contribution in [3.63, 3.8) is 0 Å². The van der Waals surface area contributed by atoms with Crippen LogP contribution in [0.25, 0.3) is 0 Å². The fourth-order valence-corrected chi connectivity index (χ4v) is 3.28. The number of aromatic nitrogens is 1. The quantitative estimate of drug-likeness (QED) is 0.800. The average Bonchev–Trinajstić information content (AvgIpc) is 2.37. The lowest BCUT2D eigenvalue weighted by molar-refractivity contribution is 0.388. The maximum atomic E-state index is 11.5. The van der Waals surface area contributed by atoms with Crippen molar-refractivity contribution in [2.24, 2.45) is 0 Å². The van der Waals surface area contributed by atoms with Gasteiger partial charge in [-0.1, -0.05) is 0 Å². The van der Waals surface area contributed by atoms with Crippen LogP contribution in [0.15, 0.2) is 6.07 Å². The maximum Gasteiger partial charge on any atom is 0.211 e. The van der Waals surface area contributed by atoms with Crippen LogP contribution in [-0.2, 0) is 10.0 Å². The molecule has 1 saturated heterocycles. The molecule has 1 aliphatic heterocycles. The number of hydrogen-bond acceptors (Lipinski definition) is 5. The van der Waals surface area contributed by atoms with Crippen LogP contribution in [0.3, 0.4) is 0 Å². The second kappa shape index (κ2) is 5.38. The van der Waals surface area contributed by atoms with Crippen LogP contribution >= 0.6 is 0 Å². The van der Waals surface area contributed by atoms with Crippen molar-refractivity contribution in [1.82, 2.24) is 9.29 Å². The van der Waals surface area contributed by atoms with Gasteiger partial charge >= 0.3 is 0 Å². The third-order valence-electron chi connectivity index (χ3n) is 3.47. The van der Waals surface area contributed by atoms with Crippen molar-refractivity contribution in [1.29, 1.82) is 5.26 Å². The first-order chi connectivity index (χ1) is 9.32. The van der Waals surface area contributed by atoms with Gasteiger partial charge in [-0.3, -0.25) is 4.98 Å². The highest BCUT2D eigenvalue weighted by molar-refractivity contribution is 7.88. The van der Waals surface area contributed by atoms with Crippen molar-refractivity contribution < 1.29 is 8.42 Å². The number of sulfonamides is 1. The van der Waals surface area contributed by atoms with Gasteiger partial charge in [-0.15, -0.1) is 0 Å². The number of hydrogen-bond donors (Lipinski definition) is 0. The average molecular weight is 294 g/mol. The Labute approximate surface area is 119 Å². The summed E-state index contributed by atoms with van der Waals surface area (Å²) in [6.45, 7) is 5.79. The minimum atomic E-state index is -3.13. The summed E-state index contributed by atoms with van der Waals surface area (Å²) in [5.41, 5.74) is 3.00. The molecule has 0 amide bonds. The van der Waals surface area contributed by atoms with E-state index in [-0.39, 0.29) is 0 Å². The Kier molecular flexibility index (Phi) is 3.97. The van der Waals surface area contributed by atoms with Gasteiger partial charge < -0.3 is 4.90 Å². The normalized spacial score (nSPS) is 17.0. The topological polar surface area (TPSA) is 77.3 Å². The Bertz CT molecular complexity index is 656. The molecule has 0 saturated carbocycles. The van der Waals surface area contributed by atoms with Gasteiger partial charge in [-0.05, 0) is 19.9 Å². The molecule has 1 aromatic heterocycles. The van der Waals surface area contributed by atoms with Gasteiger partial charge in [0.2, 0.25) is 10.0 Å². The van der Waals surface area contributed by atoms with Crippen LogP contribution in [-0.4, -0.2) is 50.1 Å². The smallest absolute Gasteiger partial charge is 0.211 e. The van der Waals surface area contributed by atoms with E-state index in [1.807, 2.05) is 19.9 Å². The van der Waals surface area contributed by atoms with Gasteiger partial charge in [0.1, 0.15) is 6.07 Å². The second-order valence-electron chi connectivity index (χ2n) is 5.00. The van der Waals surface area contributed by atoms with E-state index >= 15 is 0 Å². The summed E-state index contributed by atoms with van der Waals surface area (Å²) in [4.78, 5) is 6.36. The molecular weight excluding hydrogens is 276 g/mol. The fourth-order valence-electron chi connectivity index (χ4n) is 2.46. The van der Waals surface area contributed by atoms with Gasteiger partial charge in [-0.2, -0.15) is 9.57 Å². The summed E-state index contributed by atoms with van der Waals surface area (Å²) >= 11 is 0. The number of nitrogens with zero attached hydrogens (tertiary/aromatic N) is 4. The zero-order valence-corrected chi connectivity index (χ0v) is 12.7. The molecule has 1 aliphatic rings. The molecule has 7 heteroatoms. The van der Waals surface area contributed by atoms with Crippen molar-refractivity contribution in [3.8, 4) is 6.07 Å². The molecule has 2 heterocycles. The van der Waals surface area contributed by atoms with Gasteiger partial charge in [0.05, 0.1) is 23.2 Å². The molecule has 0 aromatic carbocycles. The molecule has 0 bridgehead atoms. The van der Waals surface area contributed by atoms with Crippen molar-refractivity contribution in [2.75, 3.05) is 37.3 Å². The maximum absolute atomic E-state index is 11.5. The number of aryl methyl sites for hydroxylation is 2. The van der Waals surface area contributed by atoms with E-state index in [4.69, 9.17) is 0 Å². The van der Waals surface area contributed by atoms with E-state index in [9.17, 15) is 13.7 Å². The van der Waals surface area contributed by atoms with Crippen LogP contribution in [0.1, 0.15) is 17.0 Å². The molecule has 0 N–H and O–H groups in total. The van der Waals surface area contributed by atoms with E-state index in [2.05, 4.69) is 16.0 Å². The zero-order chi connectivity index (χ0) is 14.9. The first-order valence-corrected chi connectivity index (χ1v) is 8.26. The molecule has 0 atom stereocenters. The molecule has 0 spiro atoms. The van der Waals surface area contributed by atoms with Gasteiger partial charge in [0, 0.05) is 31.9 Å². The number of nitriles is 1. The van der Waals surface area contributed by atoms with Crippen molar-refractivity contribution in [3.05, 3.63) is 23.0 Å². The van der Waals surface area contributed by atoms with Gasteiger partial charge in [0.25, 0.3) is 0 Å². The molecule has 2 rings (SSSR count). The summed E-state index contributed by atoms with van der Waals surface area (Å²) in [6.07, 6.45) is 1.23. The number of rotatable bonds is 2. The predicted molar refractivity (Wildman–Crippen MR) is 77.1 cm³/mol. The molecule has 0 radical (unpaired) electrons. The summed E-state index contributed by atoms with van der Waals surface area (Å²) in [5.74, 6) is 0. The van der Waals surface area contributed by atoms with Crippen molar-refractivity contribution in [2.45, 2.75) is 13.8 Å². The van der Waals surface area contributed by atoms with Gasteiger partial charge in [0.15, 0.2) is 0 Å². The number of piperazine rings is 1. The molecule has 1 aromatic rings. The monoisotopic (exact) mass is 294 g/mol. The molecule has 0 aliphatic carbocycles. The van der Waals surface area contributed by atoms with Crippen LogP contribution in [0.5, 0.6) is 0 Å². The lowest BCUT2D eigenvalue weighted by atomic mass is 10.1. The van der Waals surface area contributed by atoms with E-state index in [0.29, 0.717) is 37.4 Å². The lowest BCUT2D eigenvalue weighted by Gasteiger charge is -2.35. The Morgan fingerprint density at radius 2 is 1.85 bits per heavy atom. The largest absolute Gasteiger partial charge is 0.368 e. The summed E-state index contributed by atoms with van der Waals surface area (Å²) in [7, 11) is -3.13.